The van der Waals surface area contributed by atoms with E-state index in [4.69, 9.17) is 14.4 Å². The molecular formula is C24H23N3O6. The molecule has 170 valence electrons. The van der Waals surface area contributed by atoms with Crippen molar-refractivity contribution in [3.63, 3.8) is 0 Å². The first-order valence-electron chi connectivity index (χ1n) is 10.6. The number of fused-ring (bicyclic) bond motifs is 3. The molecule has 9 heteroatoms. The van der Waals surface area contributed by atoms with E-state index in [1.54, 1.807) is 6.92 Å². The molecule has 1 aromatic heterocycles. The predicted octanol–water partition coefficient (Wildman–Crippen LogP) is 3.31. The zero-order valence-corrected chi connectivity index (χ0v) is 17.9. The first kappa shape index (κ1) is 22.1. The van der Waals surface area contributed by atoms with E-state index in [1.807, 2.05) is 36.4 Å². The molecule has 0 fully saturated rings. The largest absolute Gasteiger partial charge is 0.480 e. The number of hydrogen-bond acceptors (Lipinski definition) is 6. The van der Waals surface area contributed by atoms with Crippen molar-refractivity contribution in [2.75, 3.05) is 6.61 Å². The van der Waals surface area contributed by atoms with Crippen molar-refractivity contribution in [2.24, 2.45) is 0 Å². The number of nitrogens with one attached hydrogen (secondary N) is 2. The molecule has 0 bridgehead atoms. The maximum Gasteiger partial charge on any atom is 0.407 e. The molecule has 1 aliphatic rings. The van der Waals surface area contributed by atoms with Crippen molar-refractivity contribution in [1.82, 2.24) is 15.8 Å². The predicted molar refractivity (Wildman–Crippen MR) is 118 cm³/mol. The number of aromatic nitrogens is 1. The van der Waals surface area contributed by atoms with Gasteiger partial charge in [-0.25, -0.2) is 9.59 Å². The number of nitrogens with zero attached hydrogens (tertiary/aromatic N) is 1. The molecule has 0 aliphatic heterocycles. The number of ether oxygens (including phenoxy) is 1. The Morgan fingerprint density at radius 1 is 1.09 bits per heavy atom. The SMILES string of the molecule is CC[C@H](NC(=O)c1cc(CNC(=O)OCC2c3ccccc3-c3ccccc32)on1)C(=O)O. The summed E-state index contributed by atoms with van der Waals surface area (Å²) in [7, 11) is 0. The molecule has 0 saturated heterocycles. The van der Waals surface area contributed by atoms with Gasteiger partial charge in [0.05, 0.1) is 6.54 Å². The fourth-order valence-electron chi connectivity index (χ4n) is 3.88. The van der Waals surface area contributed by atoms with Gasteiger partial charge in [0, 0.05) is 12.0 Å². The van der Waals surface area contributed by atoms with E-state index in [9.17, 15) is 14.4 Å². The minimum absolute atomic E-state index is 0.0346. The standard InChI is InChI=1S/C24H23N3O6/c1-2-20(23(29)30)26-22(28)21-11-14(33-27-21)12-25-24(31)32-13-19-17-9-5-3-7-15(17)16-8-4-6-10-18(16)19/h3-11,19-20H,2,12-13H2,1H3,(H,25,31)(H,26,28)(H,29,30)/t20-/m0/s1. The summed E-state index contributed by atoms with van der Waals surface area (Å²) in [5.41, 5.74) is 4.44. The number of benzene rings is 2. The first-order valence-corrected chi connectivity index (χ1v) is 10.6. The second kappa shape index (κ2) is 9.56. The summed E-state index contributed by atoms with van der Waals surface area (Å²) in [4.78, 5) is 35.4. The normalized spacial score (nSPS) is 13.0. The van der Waals surface area contributed by atoms with Gasteiger partial charge in [-0.2, -0.15) is 0 Å². The van der Waals surface area contributed by atoms with Gasteiger partial charge < -0.3 is 25.0 Å². The van der Waals surface area contributed by atoms with Gasteiger partial charge in [0.15, 0.2) is 11.5 Å². The Morgan fingerprint density at radius 2 is 1.73 bits per heavy atom. The van der Waals surface area contributed by atoms with E-state index in [0.717, 1.165) is 22.3 Å². The maximum absolute atomic E-state index is 12.3. The fourth-order valence-corrected chi connectivity index (χ4v) is 3.88. The van der Waals surface area contributed by atoms with E-state index in [1.165, 1.54) is 6.07 Å². The molecule has 0 spiro atoms. The number of carbonyl (C=O) groups is 3. The van der Waals surface area contributed by atoms with Crippen LogP contribution in [-0.4, -0.2) is 40.9 Å². The van der Waals surface area contributed by atoms with Gasteiger partial charge >= 0.3 is 12.1 Å². The van der Waals surface area contributed by atoms with Gasteiger partial charge in [0.25, 0.3) is 5.91 Å². The van der Waals surface area contributed by atoms with Crippen molar-refractivity contribution < 1.29 is 28.8 Å². The average molecular weight is 449 g/mol. The highest BCUT2D eigenvalue weighted by Gasteiger charge is 2.29. The zero-order chi connectivity index (χ0) is 23.4. The topological polar surface area (TPSA) is 131 Å². The average Bonchev–Trinajstić information content (AvgIpc) is 3.42. The lowest BCUT2D eigenvalue weighted by atomic mass is 9.98. The van der Waals surface area contributed by atoms with Crippen molar-refractivity contribution in [2.45, 2.75) is 31.8 Å². The van der Waals surface area contributed by atoms with Gasteiger partial charge in [0.1, 0.15) is 12.6 Å². The highest BCUT2D eigenvalue weighted by Crippen LogP contribution is 2.44. The smallest absolute Gasteiger partial charge is 0.407 e. The quantitative estimate of drug-likeness (QED) is 0.481. The Bertz CT molecular complexity index is 1140. The lowest BCUT2D eigenvalue weighted by Crippen LogP contribution is -2.40. The van der Waals surface area contributed by atoms with Crippen molar-refractivity contribution >= 4 is 18.0 Å². The number of carboxylic acid groups (broad SMARTS) is 1. The number of aliphatic carboxylic acids is 1. The molecular weight excluding hydrogens is 426 g/mol. The van der Waals surface area contributed by atoms with E-state index in [0.29, 0.717) is 0 Å². The van der Waals surface area contributed by atoms with Crippen LogP contribution in [0, 0.1) is 0 Å². The molecule has 1 aliphatic carbocycles. The molecule has 9 nitrogen and oxygen atoms in total. The number of rotatable bonds is 8. The molecule has 0 unspecified atom stereocenters. The molecule has 2 amide bonds. The van der Waals surface area contributed by atoms with Gasteiger partial charge in [-0.15, -0.1) is 0 Å². The molecule has 0 radical (unpaired) electrons. The van der Waals surface area contributed by atoms with E-state index < -0.39 is 24.0 Å². The number of carbonyl (C=O) groups excluding carboxylic acids is 2. The van der Waals surface area contributed by atoms with Crippen LogP contribution in [-0.2, 0) is 16.1 Å². The van der Waals surface area contributed by atoms with Crippen molar-refractivity contribution in [1.29, 1.82) is 0 Å². The van der Waals surface area contributed by atoms with Gasteiger partial charge in [0.2, 0.25) is 0 Å². The summed E-state index contributed by atoms with van der Waals surface area (Å²) in [5, 5.41) is 17.6. The minimum atomic E-state index is -1.13. The number of hydrogen-bond donors (Lipinski definition) is 3. The lowest BCUT2D eigenvalue weighted by Gasteiger charge is -2.14. The van der Waals surface area contributed by atoms with Crippen LogP contribution in [0.4, 0.5) is 4.79 Å². The van der Waals surface area contributed by atoms with Crippen LogP contribution in [0.3, 0.4) is 0 Å². The Hall–Kier alpha value is -4.14. The summed E-state index contributed by atoms with van der Waals surface area (Å²) in [5.74, 6) is -1.62. The van der Waals surface area contributed by atoms with Crippen LogP contribution in [0.15, 0.2) is 59.1 Å². The van der Waals surface area contributed by atoms with E-state index in [-0.39, 0.29) is 36.9 Å². The van der Waals surface area contributed by atoms with Crippen LogP contribution >= 0.6 is 0 Å². The molecule has 33 heavy (non-hydrogen) atoms. The lowest BCUT2D eigenvalue weighted by molar-refractivity contribution is -0.139. The number of amides is 2. The van der Waals surface area contributed by atoms with Crippen LogP contribution in [0.1, 0.15) is 46.6 Å². The molecule has 2 aromatic carbocycles. The summed E-state index contributed by atoms with van der Waals surface area (Å²) < 4.78 is 10.5. The van der Waals surface area contributed by atoms with Crippen LogP contribution in [0.25, 0.3) is 11.1 Å². The van der Waals surface area contributed by atoms with Crippen LogP contribution < -0.4 is 10.6 Å². The Morgan fingerprint density at radius 3 is 2.33 bits per heavy atom. The van der Waals surface area contributed by atoms with E-state index in [2.05, 4.69) is 27.9 Å². The maximum atomic E-state index is 12.3. The third-order valence-electron chi connectivity index (χ3n) is 5.55. The highest BCUT2D eigenvalue weighted by atomic mass is 16.5. The molecule has 1 atom stereocenters. The van der Waals surface area contributed by atoms with Gasteiger partial charge in [-0.1, -0.05) is 60.6 Å². The second-order valence-corrected chi connectivity index (χ2v) is 7.63. The minimum Gasteiger partial charge on any atom is -0.480 e. The summed E-state index contributed by atoms with van der Waals surface area (Å²) >= 11 is 0. The Labute approximate surface area is 189 Å². The third-order valence-corrected chi connectivity index (χ3v) is 5.55. The highest BCUT2D eigenvalue weighted by molar-refractivity contribution is 5.94. The van der Waals surface area contributed by atoms with E-state index >= 15 is 0 Å². The summed E-state index contributed by atoms with van der Waals surface area (Å²) in [6.45, 7) is 1.79. The van der Waals surface area contributed by atoms with Crippen molar-refractivity contribution in [3.8, 4) is 11.1 Å². The number of alkyl carbamates (subject to hydrolysis) is 1. The first-order chi connectivity index (χ1) is 16.0. The summed E-state index contributed by atoms with van der Waals surface area (Å²) in [6, 6.07) is 16.4. The monoisotopic (exact) mass is 449 g/mol. The molecule has 4 rings (SSSR count). The zero-order valence-electron chi connectivity index (χ0n) is 17.9. The van der Waals surface area contributed by atoms with Gasteiger partial charge in [-0.3, -0.25) is 4.79 Å². The third kappa shape index (κ3) is 4.72. The summed E-state index contributed by atoms with van der Waals surface area (Å²) in [6.07, 6.45) is -0.397. The molecule has 3 aromatic rings. The number of carboxylic acids is 1. The Balaban J connectivity index is 1.31. The molecule has 0 saturated carbocycles. The molecule has 1 heterocycles. The Kier molecular flexibility index (Phi) is 6.39. The second-order valence-electron chi connectivity index (χ2n) is 7.63. The fraction of sp³-hybridized carbons (Fsp3) is 0.250. The van der Waals surface area contributed by atoms with Crippen LogP contribution in [0.5, 0.6) is 0 Å². The molecule has 3 N–H and O–H groups in total. The van der Waals surface area contributed by atoms with Gasteiger partial charge in [-0.05, 0) is 28.7 Å². The van der Waals surface area contributed by atoms with Crippen molar-refractivity contribution in [3.05, 3.63) is 77.2 Å². The van der Waals surface area contributed by atoms with Crippen LogP contribution in [0.2, 0.25) is 0 Å².